The number of fused-ring (bicyclic) bond motifs is 1. The fourth-order valence-electron chi connectivity index (χ4n) is 2.28. The van der Waals surface area contributed by atoms with Crippen molar-refractivity contribution in [1.82, 2.24) is 0 Å². The number of rotatable bonds is 2. The largest absolute Gasteiger partial charge is 0.307 e. The van der Waals surface area contributed by atoms with Crippen LogP contribution in [0.25, 0.3) is 0 Å². The van der Waals surface area contributed by atoms with Gasteiger partial charge in [-0.1, -0.05) is 50.1 Å². The van der Waals surface area contributed by atoms with Gasteiger partial charge in [0.25, 0.3) is 0 Å². The number of hydrogen-bond donors (Lipinski definition) is 0. The lowest BCUT2D eigenvalue weighted by atomic mass is 10.1. The molecular weight excluding hydrogens is 370 g/mol. The van der Waals surface area contributed by atoms with E-state index < -0.39 is 0 Å². The predicted octanol–water partition coefficient (Wildman–Crippen LogP) is 4.30. The van der Waals surface area contributed by atoms with Crippen molar-refractivity contribution in [3.05, 3.63) is 62.5 Å². The smallest absolute Gasteiger partial charge is 0.231 e. The molecule has 0 bridgehead atoms. The Balaban J connectivity index is 1.91. The summed E-state index contributed by atoms with van der Waals surface area (Å²) >= 11 is 6.88. The molecule has 0 aliphatic carbocycles. The van der Waals surface area contributed by atoms with Gasteiger partial charge in [-0.05, 0) is 35.4 Å². The molecule has 0 saturated carbocycles. The van der Waals surface area contributed by atoms with E-state index in [2.05, 4.69) is 31.9 Å². The summed E-state index contributed by atoms with van der Waals surface area (Å²) in [5.41, 5.74) is 3.25. The number of carbonyl (C=O) groups excluding carboxylic acids is 1. The van der Waals surface area contributed by atoms with Gasteiger partial charge in [0.2, 0.25) is 5.91 Å². The summed E-state index contributed by atoms with van der Waals surface area (Å²) in [5.74, 6) is 0.163. The lowest BCUT2D eigenvalue weighted by Crippen LogP contribution is -2.25. The molecule has 1 amide bonds. The van der Waals surface area contributed by atoms with Crippen molar-refractivity contribution in [3.8, 4) is 0 Å². The highest BCUT2D eigenvalue weighted by molar-refractivity contribution is 9.10. The van der Waals surface area contributed by atoms with Crippen molar-refractivity contribution in [2.45, 2.75) is 13.0 Å². The zero-order valence-electron chi connectivity index (χ0n) is 10.1. The highest BCUT2D eigenvalue weighted by atomic mass is 79.9. The normalized spacial score (nSPS) is 13.8. The number of hydrogen-bond acceptors (Lipinski definition) is 1. The maximum absolute atomic E-state index is 12.1. The van der Waals surface area contributed by atoms with Crippen molar-refractivity contribution in [2.75, 3.05) is 4.90 Å². The predicted molar refractivity (Wildman–Crippen MR) is 83.2 cm³/mol. The molecule has 19 heavy (non-hydrogen) atoms. The van der Waals surface area contributed by atoms with Crippen molar-refractivity contribution in [1.29, 1.82) is 0 Å². The van der Waals surface area contributed by atoms with Gasteiger partial charge in [-0.2, -0.15) is 0 Å². The van der Waals surface area contributed by atoms with Crippen LogP contribution in [0.2, 0.25) is 0 Å². The Bertz CT molecular complexity index is 637. The van der Waals surface area contributed by atoms with Gasteiger partial charge in [0.1, 0.15) is 0 Å². The first kappa shape index (κ1) is 12.9. The minimum absolute atomic E-state index is 0.163. The van der Waals surface area contributed by atoms with Gasteiger partial charge in [-0.15, -0.1) is 0 Å². The van der Waals surface area contributed by atoms with E-state index in [0.717, 1.165) is 25.8 Å². The summed E-state index contributed by atoms with van der Waals surface area (Å²) in [6.45, 7) is 0.621. The minimum Gasteiger partial charge on any atom is -0.307 e. The van der Waals surface area contributed by atoms with Crippen LogP contribution in [0.4, 0.5) is 5.69 Å². The summed E-state index contributed by atoms with van der Waals surface area (Å²) in [7, 11) is 0. The van der Waals surface area contributed by atoms with Crippen LogP contribution in [-0.4, -0.2) is 5.91 Å². The molecule has 2 aromatic carbocycles. The van der Waals surface area contributed by atoms with Crippen molar-refractivity contribution in [3.63, 3.8) is 0 Å². The highest BCUT2D eigenvalue weighted by Crippen LogP contribution is 2.32. The van der Waals surface area contributed by atoms with Crippen LogP contribution in [0, 0.1) is 0 Å². The molecule has 0 unspecified atom stereocenters. The molecule has 0 spiro atoms. The summed E-state index contributed by atoms with van der Waals surface area (Å²) in [4.78, 5) is 14.0. The SMILES string of the molecule is O=C1Cc2ccc(Br)cc2N1Cc1ccc(Br)cc1. The lowest BCUT2D eigenvalue weighted by molar-refractivity contribution is -0.117. The molecule has 0 N–H and O–H groups in total. The van der Waals surface area contributed by atoms with E-state index in [4.69, 9.17) is 0 Å². The van der Waals surface area contributed by atoms with Crippen LogP contribution >= 0.6 is 31.9 Å². The molecule has 0 saturated heterocycles. The molecular formula is C15H11Br2NO. The van der Waals surface area contributed by atoms with Crippen LogP contribution in [0.3, 0.4) is 0 Å². The van der Waals surface area contributed by atoms with Gasteiger partial charge in [-0.25, -0.2) is 0 Å². The lowest BCUT2D eigenvalue weighted by Gasteiger charge is -2.18. The first-order valence-corrected chi connectivity index (χ1v) is 7.55. The molecule has 1 aliphatic rings. The molecule has 0 atom stereocenters. The van der Waals surface area contributed by atoms with Crippen LogP contribution in [0.1, 0.15) is 11.1 Å². The van der Waals surface area contributed by atoms with Crippen molar-refractivity contribution < 1.29 is 4.79 Å². The molecule has 4 heteroatoms. The maximum Gasteiger partial charge on any atom is 0.231 e. The van der Waals surface area contributed by atoms with Gasteiger partial charge < -0.3 is 4.90 Å². The fraction of sp³-hybridized carbons (Fsp3) is 0.133. The molecule has 0 aromatic heterocycles. The molecule has 1 heterocycles. The first-order valence-electron chi connectivity index (χ1n) is 5.97. The van der Waals surface area contributed by atoms with E-state index in [0.29, 0.717) is 13.0 Å². The van der Waals surface area contributed by atoms with E-state index in [1.165, 1.54) is 0 Å². The van der Waals surface area contributed by atoms with E-state index >= 15 is 0 Å². The molecule has 2 aromatic rings. The van der Waals surface area contributed by atoms with Crippen molar-refractivity contribution >= 4 is 43.5 Å². The second kappa shape index (κ2) is 5.10. The number of nitrogens with zero attached hydrogens (tertiary/aromatic N) is 1. The van der Waals surface area contributed by atoms with Gasteiger partial charge in [-0.3, -0.25) is 4.79 Å². The minimum atomic E-state index is 0.163. The molecule has 0 radical (unpaired) electrons. The van der Waals surface area contributed by atoms with Crippen LogP contribution in [-0.2, 0) is 17.8 Å². The second-order valence-corrected chi connectivity index (χ2v) is 6.39. The zero-order chi connectivity index (χ0) is 13.4. The highest BCUT2D eigenvalue weighted by Gasteiger charge is 2.27. The molecule has 96 valence electrons. The van der Waals surface area contributed by atoms with Gasteiger partial charge in [0.15, 0.2) is 0 Å². The quantitative estimate of drug-likeness (QED) is 0.760. The number of halogens is 2. The summed E-state index contributed by atoms with van der Waals surface area (Å²) in [6, 6.07) is 14.1. The summed E-state index contributed by atoms with van der Waals surface area (Å²) in [5, 5.41) is 0. The number of benzene rings is 2. The average molecular weight is 381 g/mol. The Labute approximate surface area is 128 Å². The fourth-order valence-corrected chi connectivity index (χ4v) is 2.89. The number of carbonyl (C=O) groups is 1. The van der Waals surface area contributed by atoms with Gasteiger partial charge in [0, 0.05) is 14.6 Å². The number of anilines is 1. The van der Waals surface area contributed by atoms with E-state index in [1.807, 2.05) is 47.4 Å². The Morgan fingerprint density at radius 2 is 1.68 bits per heavy atom. The Hall–Kier alpha value is -1.13. The van der Waals surface area contributed by atoms with Gasteiger partial charge in [0.05, 0.1) is 13.0 Å². The van der Waals surface area contributed by atoms with Crippen LogP contribution in [0.5, 0.6) is 0 Å². The maximum atomic E-state index is 12.1. The van der Waals surface area contributed by atoms with Gasteiger partial charge >= 0.3 is 0 Å². The average Bonchev–Trinajstić information content (AvgIpc) is 2.69. The van der Waals surface area contributed by atoms with E-state index in [9.17, 15) is 4.79 Å². The zero-order valence-corrected chi connectivity index (χ0v) is 13.2. The molecule has 3 rings (SSSR count). The third-order valence-corrected chi connectivity index (χ3v) is 4.26. The standard InChI is InChI=1S/C15H11Br2NO/c16-12-4-1-10(2-5-12)9-18-14-8-13(17)6-3-11(14)7-15(18)19/h1-6,8H,7,9H2. The summed E-state index contributed by atoms with van der Waals surface area (Å²) in [6.07, 6.45) is 0.499. The van der Waals surface area contributed by atoms with Crippen molar-refractivity contribution in [2.24, 2.45) is 0 Å². The van der Waals surface area contributed by atoms with Crippen LogP contribution < -0.4 is 4.90 Å². The molecule has 1 aliphatic heterocycles. The Morgan fingerprint density at radius 1 is 1.00 bits per heavy atom. The molecule has 0 fully saturated rings. The van der Waals surface area contributed by atoms with Crippen LogP contribution in [0.15, 0.2) is 51.4 Å². The first-order chi connectivity index (χ1) is 9.13. The number of amides is 1. The Kier molecular flexibility index (Phi) is 3.46. The third-order valence-electron chi connectivity index (χ3n) is 3.23. The third kappa shape index (κ3) is 2.60. The topological polar surface area (TPSA) is 20.3 Å². The monoisotopic (exact) mass is 379 g/mol. The van der Waals surface area contributed by atoms with E-state index in [1.54, 1.807) is 0 Å². The van der Waals surface area contributed by atoms with E-state index in [-0.39, 0.29) is 5.91 Å². The second-order valence-electron chi connectivity index (χ2n) is 4.56. The summed E-state index contributed by atoms with van der Waals surface area (Å²) < 4.78 is 2.05. The molecule has 2 nitrogen and oxygen atoms in total. The Morgan fingerprint density at radius 3 is 2.42 bits per heavy atom.